The average molecular weight is 394 g/mol. The Balaban J connectivity index is 0.000000166. The fraction of sp³-hybridized carbons (Fsp3) is 0.318. The lowest BCUT2D eigenvalue weighted by Gasteiger charge is -2.30. The van der Waals surface area contributed by atoms with Crippen molar-refractivity contribution in [3.8, 4) is 0 Å². The molecule has 3 aromatic rings. The van der Waals surface area contributed by atoms with Gasteiger partial charge in [0.05, 0.1) is 11.1 Å². The first kappa shape index (κ1) is 20.4. The first-order valence-corrected chi connectivity index (χ1v) is 9.65. The lowest BCUT2D eigenvalue weighted by atomic mass is 9.91. The van der Waals surface area contributed by atoms with E-state index >= 15 is 0 Å². The smallest absolute Gasteiger partial charge is 0.286 e. The second kappa shape index (κ2) is 9.23. The van der Waals surface area contributed by atoms with Gasteiger partial charge < -0.3 is 20.4 Å². The summed E-state index contributed by atoms with van der Waals surface area (Å²) in [6, 6.07) is 14.2. The molecule has 0 radical (unpaired) electrons. The van der Waals surface area contributed by atoms with Crippen LogP contribution in [0.3, 0.4) is 0 Å². The molecule has 1 aliphatic heterocycles. The molecular formula is C22H26N4O3. The summed E-state index contributed by atoms with van der Waals surface area (Å²) < 4.78 is 5.28. The molecule has 0 saturated carbocycles. The lowest BCUT2D eigenvalue weighted by Crippen LogP contribution is -2.33. The monoisotopic (exact) mass is 394 g/mol. The van der Waals surface area contributed by atoms with Crippen LogP contribution in [0.2, 0.25) is 0 Å². The maximum absolute atomic E-state index is 11.1. The maximum Gasteiger partial charge on any atom is 0.286 e. The van der Waals surface area contributed by atoms with Gasteiger partial charge in [-0.2, -0.15) is 0 Å². The molecule has 1 fully saturated rings. The zero-order valence-electron chi connectivity index (χ0n) is 16.7. The van der Waals surface area contributed by atoms with E-state index in [1.165, 1.54) is 12.0 Å². The van der Waals surface area contributed by atoms with Crippen LogP contribution < -0.4 is 11.1 Å². The number of primary amides is 1. The molecule has 2 aromatic heterocycles. The van der Waals surface area contributed by atoms with Gasteiger partial charge in [-0.25, -0.2) is 4.98 Å². The molecule has 1 aromatic carbocycles. The van der Waals surface area contributed by atoms with Crippen LogP contribution in [-0.4, -0.2) is 42.3 Å². The summed E-state index contributed by atoms with van der Waals surface area (Å²) in [7, 11) is 1.70. The van der Waals surface area contributed by atoms with E-state index in [4.69, 9.17) is 10.2 Å². The van der Waals surface area contributed by atoms with Gasteiger partial charge in [-0.05, 0) is 37.5 Å². The predicted molar refractivity (Wildman–Crippen MR) is 113 cm³/mol. The van der Waals surface area contributed by atoms with E-state index < -0.39 is 5.91 Å². The number of amides is 2. The fourth-order valence-corrected chi connectivity index (χ4v) is 3.59. The van der Waals surface area contributed by atoms with Crippen LogP contribution in [0.5, 0.6) is 0 Å². The Bertz CT molecular complexity index is 984. The quantitative estimate of drug-likeness (QED) is 0.661. The second-order valence-electron chi connectivity index (χ2n) is 7.08. The number of pyridine rings is 1. The number of piperidine rings is 1. The summed E-state index contributed by atoms with van der Waals surface area (Å²) in [6.07, 6.45) is 3.29. The number of hydrogen-bond acceptors (Lipinski definition) is 5. The van der Waals surface area contributed by atoms with Crippen LogP contribution in [0.25, 0.3) is 11.1 Å². The highest BCUT2D eigenvalue weighted by atomic mass is 16.4. The minimum atomic E-state index is -0.602. The van der Waals surface area contributed by atoms with Crippen molar-refractivity contribution in [1.82, 2.24) is 9.88 Å². The van der Waals surface area contributed by atoms with Crippen LogP contribution in [0, 0.1) is 6.92 Å². The number of carbonyl (C=O) groups is 2. The number of hydrogen-bond donors (Lipinski definition) is 2. The van der Waals surface area contributed by atoms with Gasteiger partial charge in [0.1, 0.15) is 0 Å². The van der Waals surface area contributed by atoms with E-state index in [1.807, 2.05) is 30.0 Å². The molecule has 7 heteroatoms. The van der Waals surface area contributed by atoms with Crippen molar-refractivity contribution in [1.29, 1.82) is 0 Å². The molecule has 4 rings (SSSR count). The van der Waals surface area contributed by atoms with Crippen molar-refractivity contribution in [2.75, 3.05) is 25.5 Å². The molecule has 0 bridgehead atoms. The van der Waals surface area contributed by atoms with Gasteiger partial charge in [-0.1, -0.05) is 30.3 Å². The zero-order valence-corrected chi connectivity index (χ0v) is 16.7. The van der Waals surface area contributed by atoms with Gasteiger partial charge in [-0.3, -0.25) is 9.59 Å². The van der Waals surface area contributed by atoms with Crippen molar-refractivity contribution >= 4 is 29.1 Å². The van der Waals surface area contributed by atoms with E-state index in [0.717, 1.165) is 37.0 Å². The number of carbonyl (C=O) groups excluding carboxylic acids is 2. The highest BCUT2D eigenvalue weighted by molar-refractivity contribution is 6.04. The second-order valence-corrected chi connectivity index (χ2v) is 7.08. The SMILES string of the molecule is CNc1c(C(N)=O)oc2nc(C)ccc12.O=CN1CCCC(c2ccccc2)C1. The molecule has 152 valence electrons. The largest absolute Gasteiger partial charge is 0.430 e. The van der Waals surface area contributed by atoms with Crippen molar-refractivity contribution < 1.29 is 14.0 Å². The zero-order chi connectivity index (χ0) is 20.8. The number of nitrogens with zero attached hydrogens (tertiary/aromatic N) is 2. The Hall–Kier alpha value is -3.35. The van der Waals surface area contributed by atoms with Crippen molar-refractivity contribution in [2.45, 2.75) is 25.7 Å². The number of aromatic nitrogens is 1. The van der Waals surface area contributed by atoms with Crippen LogP contribution in [0.4, 0.5) is 5.69 Å². The highest BCUT2D eigenvalue weighted by Crippen LogP contribution is 2.29. The highest BCUT2D eigenvalue weighted by Gasteiger charge is 2.20. The predicted octanol–water partition coefficient (Wildman–Crippen LogP) is 3.30. The topological polar surface area (TPSA) is 101 Å². The molecule has 3 N–H and O–H groups in total. The fourth-order valence-electron chi connectivity index (χ4n) is 3.59. The summed E-state index contributed by atoms with van der Waals surface area (Å²) >= 11 is 0. The Morgan fingerprint density at radius 2 is 2.03 bits per heavy atom. The van der Waals surface area contributed by atoms with Crippen LogP contribution >= 0.6 is 0 Å². The average Bonchev–Trinajstić information content (AvgIpc) is 3.13. The van der Waals surface area contributed by atoms with E-state index in [2.05, 4.69) is 34.6 Å². The normalized spacial score (nSPS) is 16.1. The third-order valence-electron chi connectivity index (χ3n) is 5.04. The summed E-state index contributed by atoms with van der Waals surface area (Å²) in [6.45, 7) is 3.66. The Kier molecular flexibility index (Phi) is 6.49. The van der Waals surface area contributed by atoms with E-state index in [-0.39, 0.29) is 5.76 Å². The minimum Gasteiger partial charge on any atom is -0.430 e. The van der Waals surface area contributed by atoms with Crippen LogP contribution in [0.15, 0.2) is 46.9 Å². The molecule has 2 amide bonds. The first-order chi connectivity index (χ1) is 14.0. The van der Waals surface area contributed by atoms with Crippen LogP contribution in [0.1, 0.15) is 40.6 Å². The molecule has 0 spiro atoms. The Morgan fingerprint density at radius 1 is 1.28 bits per heavy atom. The number of nitrogens with two attached hydrogens (primary N) is 1. The number of fused-ring (bicyclic) bond motifs is 1. The maximum atomic E-state index is 11.1. The van der Waals surface area contributed by atoms with E-state index in [9.17, 15) is 9.59 Å². The molecule has 1 saturated heterocycles. The van der Waals surface area contributed by atoms with Crippen molar-refractivity contribution in [3.63, 3.8) is 0 Å². The molecular weight excluding hydrogens is 368 g/mol. The number of rotatable bonds is 4. The Morgan fingerprint density at radius 3 is 2.69 bits per heavy atom. The number of likely N-dealkylation sites (tertiary alicyclic amines) is 1. The summed E-state index contributed by atoms with van der Waals surface area (Å²) in [5, 5.41) is 3.65. The molecule has 29 heavy (non-hydrogen) atoms. The van der Waals surface area contributed by atoms with Gasteiger partial charge >= 0.3 is 0 Å². The van der Waals surface area contributed by atoms with Gasteiger partial charge in [0, 0.05) is 31.7 Å². The molecule has 0 aliphatic carbocycles. The number of benzene rings is 1. The van der Waals surface area contributed by atoms with Crippen LogP contribution in [-0.2, 0) is 4.79 Å². The molecule has 3 heterocycles. The van der Waals surface area contributed by atoms with Crippen molar-refractivity contribution in [3.05, 3.63) is 59.5 Å². The van der Waals surface area contributed by atoms with Gasteiger partial charge in [0.15, 0.2) is 0 Å². The minimum absolute atomic E-state index is 0.116. The standard InChI is InChI=1S/C12H15NO.C10H11N3O2/c14-10-13-8-4-7-12(9-13)11-5-2-1-3-6-11;1-5-3-4-6-7(12-2)8(9(11)14)15-10(6)13-5/h1-3,5-6,10,12H,4,7-9H2;3-4,12H,1-2H3,(H2,11,14). The number of nitrogens with one attached hydrogen (secondary N) is 1. The third kappa shape index (κ3) is 4.74. The summed E-state index contributed by atoms with van der Waals surface area (Å²) in [4.78, 5) is 27.8. The van der Waals surface area contributed by atoms with Crippen molar-refractivity contribution in [2.24, 2.45) is 5.73 Å². The lowest BCUT2D eigenvalue weighted by molar-refractivity contribution is -0.119. The van der Waals surface area contributed by atoms with Gasteiger partial charge in [0.25, 0.3) is 5.91 Å². The third-order valence-corrected chi connectivity index (χ3v) is 5.04. The molecule has 7 nitrogen and oxygen atoms in total. The van der Waals surface area contributed by atoms with E-state index in [0.29, 0.717) is 17.3 Å². The Labute approximate surface area is 169 Å². The number of aryl methyl sites for hydroxylation is 1. The number of furan rings is 1. The van der Waals surface area contributed by atoms with E-state index in [1.54, 1.807) is 7.05 Å². The van der Waals surface area contributed by atoms with Gasteiger partial charge in [0.2, 0.25) is 17.9 Å². The molecule has 1 aliphatic rings. The molecule has 1 atom stereocenters. The number of anilines is 1. The first-order valence-electron chi connectivity index (χ1n) is 9.65. The van der Waals surface area contributed by atoms with Gasteiger partial charge in [-0.15, -0.1) is 0 Å². The summed E-state index contributed by atoms with van der Waals surface area (Å²) in [5.74, 6) is 0.0516. The summed E-state index contributed by atoms with van der Waals surface area (Å²) in [5.41, 5.74) is 8.39. The molecule has 1 unspecified atom stereocenters.